The van der Waals surface area contributed by atoms with E-state index >= 15 is 0 Å². The molecule has 2 aromatic carbocycles. The largest absolute Gasteiger partial charge is 0.494 e. The Labute approximate surface area is 239 Å². The molecule has 216 valence electrons. The minimum absolute atomic E-state index is 0.0179. The molecular weight excluding hydrogens is 507 g/mol. The first-order valence-electron chi connectivity index (χ1n) is 14.0. The van der Waals surface area contributed by atoms with Crippen LogP contribution in [0.5, 0.6) is 5.75 Å². The Morgan fingerprint density at radius 2 is 1.70 bits per heavy atom. The van der Waals surface area contributed by atoms with E-state index in [1.165, 1.54) is 0 Å². The van der Waals surface area contributed by atoms with Crippen LogP contribution in [0.15, 0.2) is 48.5 Å². The lowest BCUT2D eigenvalue weighted by Gasteiger charge is -2.32. The number of ether oxygens (including phenoxy) is 2. The second-order valence-electron chi connectivity index (χ2n) is 12.8. The number of benzene rings is 2. The molecule has 0 unspecified atom stereocenters. The predicted octanol–water partition coefficient (Wildman–Crippen LogP) is 4.58. The van der Waals surface area contributed by atoms with Crippen molar-refractivity contribution in [2.24, 2.45) is 0 Å². The van der Waals surface area contributed by atoms with Gasteiger partial charge in [0.05, 0.1) is 23.7 Å². The van der Waals surface area contributed by atoms with Gasteiger partial charge in [-0.3, -0.25) is 4.79 Å². The SMILES string of the molecule is CN(C(=O)OC(C)(C)C)[C@H]1CCN(C(=O)Cc2cc(B3OC(C)(C)C(C)(C)O3)ccc2OCc2ccccc2)C1. The maximum Gasteiger partial charge on any atom is 0.494 e. The average Bonchev–Trinajstić information content (AvgIpc) is 3.44. The summed E-state index contributed by atoms with van der Waals surface area (Å²) in [5.41, 5.74) is 1.15. The molecule has 4 rings (SSSR count). The Balaban J connectivity index is 1.50. The zero-order valence-corrected chi connectivity index (χ0v) is 25.2. The third-order valence-corrected chi connectivity index (χ3v) is 7.93. The summed E-state index contributed by atoms with van der Waals surface area (Å²) in [6.45, 7) is 15.1. The molecule has 40 heavy (non-hydrogen) atoms. The summed E-state index contributed by atoms with van der Waals surface area (Å²) in [6.07, 6.45) is 0.492. The number of likely N-dealkylation sites (tertiary alicyclic amines) is 1. The second-order valence-corrected chi connectivity index (χ2v) is 12.8. The van der Waals surface area contributed by atoms with Crippen molar-refractivity contribution in [3.05, 3.63) is 59.7 Å². The second kappa shape index (κ2) is 11.5. The van der Waals surface area contributed by atoms with E-state index in [-0.39, 0.29) is 24.5 Å². The number of hydrogen-bond acceptors (Lipinski definition) is 6. The minimum atomic E-state index is -0.572. The fraction of sp³-hybridized carbons (Fsp3) is 0.548. The van der Waals surface area contributed by atoms with E-state index in [9.17, 15) is 9.59 Å². The molecule has 2 aromatic rings. The van der Waals surface area contributed by atoms with Gasteiger partial charge in [0.1, 0.15) is 18.0 Å². The van der Waals surface area contributed by atoms with Crippen LogP contribution in [0.2, 0.25) is 0 Å². The van der Waals surface area contributed by atoms with Crippen molar-refractivity contribution < 1.29 is 28.4 Å². The molecule has 2 saturated heterocycles. The van der Waals surface area contributed by atoms with E-state index in [2.05, 4.69) is 0 Å². The standard InChI is InChI=1S/C31H43BN2O6/c1-29(2,3)38-28(36)33(8)25-16-17-34(20-25)27(35)19-23-18-24(32-39-30(4,5)31(6,7)40-32)14-15-26(23)37-21-22-12-10-9-11-13-22/h9-15,18,25H,16-17,19-21H2,1-8H3/t25-/m0/s1. The Morgan fingerprint density at radius 3 is 2.33 bits per heavy atom. The van der Waals surface area contributed by atoms with Crippen molar-refractivity contribution in [2.75, 3.05) is 20.1 Å². The number of rotatable bonds is 7. The summed E-state index contributed by atoms with van der Waals surface area (Å²) < 4.78 is 24.3. The van der Waals surface area contributed by atoms with Crippen LogP contribution < -0.4 is 10.2 Å². The Kier molecular flexibility index (Phi) is 8.57. The molecule has 0 spiro atoms. The van der Waals surface area contributed by atoms with Crippen molar-refractivity contribution >= 4 is 24.6 Å². The fourth-order valence-corrected chi connectivity index (χ4v) is 4.78. The molecule has 0 saturated carbocycles. The van der Waals surface area contributed by atoms with Crippen molar-refractivity contribution in [3.63, 3.8) is 0 Å². The minimum Gasteiger partial charge on any atom is -0.489 e. The first-order valence-corrected chi connectivity index (χ1v) is 14.0. The number of likely N-dealkylation sites (N-methyl/N-ethyl adjacent to an activating group) is 1. The maximum atomic E-state index is 13.5. The summed E-state index contributed by atoms with van der Waals surface area (Å²) in [7, 11) is 1.19. The number of carbonyl (C=O) groups excluding carboxylic acids is 2. The van der Waals surface area contributed by atoms with E-state index in [4.69, 9.17) is 18.8 Å². The normalized spacial score (nSPS) is 19.9. The molecular formula is C31H43BN2O6. The van der Waals surface area contributed by atoms with E-state index in [0.717, 1.165) is 16.6 Å². The maximum absolute atomic E-state index is 13.5. The Hall–Kier alpha value is -3.04. The van der Waals surface area contributed by atoms with Gasteiger partial charge in [-0.05, 0) is 72.0 Å². The Bertz CT molecular complexity index is 1190. The van der Waals surface area contributed by atoms with Crippen molar-refractivity contribution in [1.29, 1.82) is 0 Å². The number of nitrogens with zero attached hydrogens (tertiary/aromatic N) is 2. The van der Waals surface area contributed by atoms with Gasteiger partial charge in [-0.15, -0.1) is 0 Å². The van der Waals surface area contributed by atoms with Crippen LogP contribution in [0, 0.1) is 0 Å². The molecule has 9 heteroatoms. The molecule has 2 amide bonds. The molecule has 0 bridgehead atoms. The van der Waals surface area contributed by atoms with Gasteiger partial charge in [0, 0.05) is 25.7 Å². The highest BCUT2D eigenvalue weighted by Gasteiger charge is 2.51. The number of amides is 2. The third-order valence-electron chi connectivity index (χ3n) is 7.93. The summed E-state index contributed by atoms with van der Waals surface area (Å²) in [5, 5.41) is 0. The lowest BCUT2D eigenvalue weighted by atomic mass is 9.78. The Morgan fingerprint density at radius 1 is 1.05 bits per heavy atom. The van der Waals surface area contributed by atoms with Gasteiger partial charge < -0.3 is 28.6 Å². The van der Waals surface area contributed by atoms with Crippen LogP contribution >= 0.6 is 0 Å². The molecule has 2 fully saturated rings. The van der Waals surface area contributed by atoms with Gasteiger partial charge in [-0.1, -0.05) is 42.5 Å². The van der Waals surface area contributed by atoms with E-state index in [1.807, 2.05) is 102 Å². The van der Waals surface area contributed by atoms with Crippen LogP contribution in [-0.4, -0.2) is 71.9 Å². The smallest absolute Gasteiger partial charge is 0.489 e. The molecule has 0 aromatic heterocycles. The average molecular weight is 551 g/mol. The molecule has 0 aliphatic carbocycles. The summed E-state index contributed by atoms with van der Waals surface area (Å²) in [5.74, 6) is 0.634. The number of hydrogen-bond donors (Lipinski definition) is 0. The lowest BCUT2D eigenvalue weighted by molar-refractivity contribution is -0.129. The first kappa shape index (κ1) is 29.9. The number of carbonyl (C=O) groups is 2. The van der Waals surface area contributed by atoms with E-state index in [1.54, 1.807) is 11.9 Å². The van der Waals surface area contributed by atoms with Gasteiger partial charge >= 0.3 is 13.2 Å². The van der Waals surface area contributed by atoms with Crippen molar-refractivity contribution in [1.82, 2.24) is 9.80 Å². The van der Waals surface area contributed by atoms with Gasteiger partial charge in [0.25, 0.3) is 0 Å². The van der Waals surface area contributed by atoms with Gasteiger partial charge in [-0.25, -0.2) is 4.79 Å². The topological polar surface area (TPSA) is 77.5 Å². The zero-order chi connectivity index (χ0) is 29.3. The van der Waals surface area contributed by atoms with E-state index < -0.39 is 23.9 Å². The zero-order valence-electron chi connectivity index (χ0n) is 25.2. The summed E-state index contributed by atoms with van der Waals surface area (Å²) >= 11 is 0. The van der Waals surface area contributed by atoms with Crippen LogP contribution in [0.3, 0.4) is 0 Å². The summed E-state index contributed by atoms with van der Waals surface area (Å²) in [6, 6.07) is 15.6. The molecule has 1 atom stereocenters. The highest BCUT2D eigenvalue weighted by Crippen LogP contribution is 2.37. The van der Waals surface area contributed by atoms with Crippen LogP contribution in [0.1, 0.15) is 66.0 Å². The first-order chi connectivity index (χ1) is 18.6. The lowest BCUT2D eigenvalue weighted by Crippen LogP contribution is -2.42. The van der Waals surface area contributed by atoms with Crippen molar-refractivity contribution in [2.45, 2.75) is 90.8 Å². The molecule has 0 radical (unpaired) electrons. The highest BCUT2D eigenvalue weighted by molar-refractivity contribution is 6.62. The monoisotopic (exact) mass is 550 g/mol. The molecule has 0 N–H and O–H groups in total. The molecule has 2 aliphatic heterocycles. The molecule has 2 heterocycles. The highest BCUT2D eigenvalue weighted by atomic mass is 16.7. The molecule has 8 nitrogen and oxygen atoms in total. The van der Waals surface area contributed by atoms with E-state index in [0.29, 0.717) is 31.9 Å². The fourth-order valence-electron chi connectivity index (χ4n) is 4.78. The summed E-state index contributed by atoms with van der Waals surface area (Å²) in [4.78, 5) is 29.5. The third kappa shape index (κ3) is 6.99. The quantitative estimate of drug-likeness (QED) is 0.470. The van der Waals surface area contributed by atoms with Gasteiger partial charge in [0.2, 0.25) is 5.91 Å². The van der Waals surface area contributed by atoms with Gasteiger partial charge in [0.15, 0.2) is 0 Å². The van der Waals surface area contributed by atoms with Gasteiger partial charge in [-0.2, -0.15) is 0 Å². The predicted molar refractivity (Wildman–Crippen MR) is 156 cm³/mol. The van der Waals surface area contributed by atoms with Crippen LogP contribution in [-0.2, 0) is 31.9 Å². The molecule has 2 aliphatic rings. The van der Waals surface area contributed by atoms with Crippen molar-refractivity contribution in [3.8, 4) is 5.75 Å². The van der Waals surface area contributed by atoms with Crippen LogP contribution in [0.4, 0.5) is 4.79 Å². The van der Waals surface area contributed by atoms with Crippen LogP contribution in [0.25, 0.3) is 0 Å².